The summed E-state index contributed by atoms with van der Waals surface area (Å²) in [5, 5.41) is 172. The van der Waals surface area contributed by atoms with Gasteiger partial charge in [-0.3, -0.25) is 0 Å². The maximum atomic E-state index is 13.2. The van der Waals surface area contributed by atoms with E-state index in [-0.39, 0.29) is 50.4 Å². The van der Waals surface area contributed by atoms with Crippen LogP contribution in [-0.2, 0) is 71.2 Å². The molecule has 9 aliphatic rings. The van der Waals surface area contributed by atoms with Crippen molar-refractivity contribution in [3.63, 3.8) is 0 Å². The van der Waals surface area contributed by atoms with Crippen molar-refractivity contribution in [1.82, 2.24) is 0 Å². The van der Waals surface area contributed by atoms with Crippen LogP contribution in [0.3, 0.4) is 0 Å². The zero-order valence-electron chi connectivity index (χ0n) is 50.4. The molecule has 0 amide bonds. The van der Waals surface area contributed by atoms with Crippen molar-refractivity contribution < 1.29 is 153 Å². The van der Waals surface area contributed by atoms with E-state index in [1.807, 2.05) is 0 Å². The number of ether oxygens (including phenoxy) is 13. The average Bonchev–Trinajstić information content (AvgIpc) is 0.782. The highest BCUT2D eigenvalue weighted by molar-refractivity contribution is 5.82. The molecule has 0 radical (unpaired) electrons. The average molecular weight is 1300 g/mol. The topological polar surface area (TPSA) is 478 Å². The molecule has 90 heavy (non-hydrogen) atoms. The van der Waals surface area contributed by atoms with E-state index in [0.29, 0.717) is 38.5 Å². The van der Waals surface area contributed by atoms with Crippen molar-refractivity contribution in [3.05, 3.63) is 24.3 Å². The number of rotatable bonds is 20. The van der Waals surface area contributed by atoms with E-state index >= 15 is 0 Å². The molecule has 5 aliphatic heterocycles. The lowest BCUT2D eigenvalue weighted by Gasteiger charge is -2.53. The van der Waals surface area contributed by atoms with Gasteiger partial charge in [0.15, 0.2) is 31.3 Å². The predicted octanol–water partition coefficient (Wildman–Crippen LogP) is -5.95. The van der Waals surface area contributed by atoms with Gasteiger partial charge in [0.1, 0.15) is 98.2 Å². The molecule has 31 unspecified atom stereocenters. The zero-order valence-corrected chi connectivity index (χ0v) is 50.4. The van der Waals surface area contributed by atoms with Crippen molar-refractivity contribution in [2.24, 2.45) is 23.7 Å². The third kappa shape index (κ3) is 16.8. The van der Waals surface area contributed by atoms with Crippen LogP contribution in [0, 0.1) is 23.7 Å². The van der Waals surface area contributed by atoms with Gasteiger partial charge in [-0.1, -0.05) is 12.2 Å². The summed E-state index contributed by atoms with van der Waals surface area (Å²) in [6.07, 6.45) is -32.0. The fraction of sp³-hybridized carbons (Fsp3) is 0.898. The Morgan fingerprint density at radius 1 is 0.467 bits per heavy atom. The van der Waals surface area contributed by atoms with Crippen LogP contribution in [0.2, 0.25) is 0 Å². The summed E-state index contributed by atoms with van der Waals surface area (Å²) in [5.74, 6) is -3.03. The van der Waals surface area contributed by atoms with Crippen LogP contribution < -0.4 is 0 Å². The van der Waals surface area contributed by atoms with Gasteiger partial charge < -0.3 is 143 Å². The summed E-state index contributed by atoms with van der Waals surface area (Å²) in [6, 6.07) is 0. The number of fused-ring (bicyclic) bond motifs is 1. The standard InChI is InChI=1S/C59H94O31/c1-23-54(90-41(65)13-7-24-4-9-28(10-5-24)83-57-50(74)47(71)44(68)38(88-57)21-80-40(64)12-8-25-6-11-30(62)31(63)14-25)49(73)53(77)56(82-23)81-22-39-45(69)48(72)52(76)59(89-39)86-36-19-29-32(84-55(36)26-15-34(78-2)42(66)35(16-26)79-3)17-27(61)18-33(29)85-58-51(75)46(70)43(67)37(20-60)87-58/h7-8,12-13,23-39,42-63,66-77H,4-6,9-11,14-22H2,1-3H3. The van der Waals surface area contributed by atoms with Crippen molar-refractivity contribution in [1.29, 1.82) is 0 Å². The lowest BCUT2D eigenvalue weighted by atomic mass is 9.72. The van der Waals surface area contributed by atoms with Crippen LogP contribution >= 0.6 is 0 Å². The molecular formula is C59H94O31. The Hall–Kier alpha value is -2.66. The van der Waals surface area contributed by atoms with Gasteiger partial charge in [-0.2, -0.15) is 0 Å². The minimum absolute atomic E-state index is 0.0101. The molecule has 4 aliphatic carbocycles. The highest BCUT2D eigenvalue weighted by Crippen LogP contribution is 2.46. The van der Waals surface area contributed by atoms with Crippen LogP contribution in [0.1, 0.15) is 84.0 Å². The van der Waals surface area contributed by atoms with E-state index in [9.17, 15) is 91.3 Å². The highest BCUT2D eigenvalue weighted by Gasteiger charge is 2.56. The molecule has 9 fully saturated rings. The zero-order chi connectivity index (χ0) is 65.0. The number of allylic oxidation sites excluding steroid dienone is 2. The molecule has 31 atom stereocenters. The molecule has 5 saturated heterocycles. The first-order chi connectivity index (χ1) is 42.9. The van der Waals surface area contributed by atoms with Gasteiger partial charge in [-0.25, -0.2) is 9.59 Å². The second-order valence-electron chi connectivity index (χ2n) is 25.7. The van der Waals surface area contributed by atoms with E-state index in [4.69, 9.17) is 61.6 Å². The molecule has 0 aromatic rings. The Labute approximate surface area is 519 Å². The molecular weight excluding hydrogens is 1200 g/mol. The minimum atomic E-state index is -1.91. The maximum absolute atomic E-state index is 13.2. The Balaban J connectivity index is 0.763. The second kappa shape index (κ2) is 31.9. The fourth-order valence-corrected chi connectivity index (χ4v) is 14.1. The van der Waals surface area contributed by atoms with Crippen LogP contribution in [0.4, 0.5) is 0 Å². The highest BCUT2D eigenvalue weighted by atomic mass is 16.7. The van der Waals surface area contributed by atoms with Crippen LogP contribution in [0.15, 0.2) is 24.3 Å². The van der Waals surface area contributed by atoms with Gasteiger partial charge in [0, 0.05) is 38.7 Å². The summed E-state index contributed by atoms with van der Waals surface area (Å²) in [4.78, 5) is 25.7. The molecule has 0 bridgehead atoms. The number of methoxy groups -OCH3 is 2. The number of hydrogen-bond donors (Lipinski definition) is 16. The van der Waals surface area contributed by atoms with Gasteiger partial charge in [-0.15, -0.1) is 0 Å². The molecule has 31 nitrogen and oxygen atoms in total. The number of hydrogen-bond acceptors (Lipinski definition) is 31. The third-order valence-corrected chi connectivity index (χ3v) is 19.6. The van der Waals surface area contributed by atoms with Gasteiger partial charge in [0.05, 0.1) is 80.4 Å². The van der Waals surface area contributed by atoms with Crippen LogP contribution in [0.5, 0.6) is 0 Å². The Morgan fingerprint density at radius 3 is 1.60 bits per heavy atom. The van der Waals surface area contributed by atoms with Gasteiger partial charge in [0.25, 0.3) is 0 Å². The molecule has 0 spiro atoms. The normalized spacial score (nSPS) is 49.7. The quantitative estimate of drug-likeness (QED) is 0.0399. The van der Waals surface area contributed by atoms with E-state index in [2.05, 4.69) is 0 Å². The van der Waals surface area contributed by atoms with E-state index in [1.54, 1.807) is 12.2 Å². The van der Waals surface area contributed by atoms with Crippen molar-refractivity contribution in [2.45, 2.75) is 274 Å². The maximum Gasteiger partial charge on any atom is 0.330 e. The summed E-state index contributed by atoms with van der Waals surface area (Å²) >= 11 is 0. The summed E-state index contributed by atoms with van der Waals surface area (Å²) < 4.78 is 76.9. The molecule has 31 heteroatoms. The first-order valence-electron chi connectivity index (χ1n) is 31.3. The number of aliphatic hydroxyl groups excluding tert-OH is 16. The first kappa shape index (κ1) is 71.6. The Morgan fingerprint density at radius 2 is 1.00 bits per heavy atom. The molecule has 0 aromatic heterocycles. The van der Waals surface area contributed by atoms with Crippen LogP contribution in [-0.4, -0.2) is 318 Å². The molecule has 0 aromatic carbocycles. The summed E-state index contributed by atoms with van der Waals surface area (Å²) in [5.41, 5.74) is 0. The predicted molar refractivity (Wildman–Crippen MR) is 297 cm³/mol. The SMILES string of the molecule is COC1CC(C2OC3CC(O)CC(OC4OC(CO)C(O)C(O)C4O)C3CC2OC2OC(COC3OC(C)C(OC(=O)C=CC4CCC(OC5OC(COC(=O)C=CC6CCC(O)C(O)C6)C(O)C(O)C5O)CC4)C(O)C3O)C(O)C(O)C2O)CC(OC)C1O. The third-order valence-electron chi connectivity index (χ3n) is 19.6. The number of carbonyl (C=O) groups is 2. The van der Waals surface area contributed by atoms with Crippen molar-refractivity contribution >= 4 is 11.9 Å². The fourth-order valence-electron chi connectivity index (χ4n) is 14.1. The number of esters is 2. The Kier molecular flexibility index (Phi) is 25.4. The van der Waals surface area contributed by atoms with Gasteiger partial charge in [-0.05, 0) is 95.3 Å². The summed E-state index contributed by atoms with van der Waals surface area (Å²) in [6.45, 7) is -0.354. The minimum Gasteiger partial charge on any atom is -0.460 e. The van der Waals surface area contributed by atoms with E-state index in [0.717, 1.165) is 0 Å². The Bertz CT molecular complexity index is 2300. The van der Waals surface area contributed by atoms with Crippen molar-refractivity contribution in [3.8, 4) is 0 Å². The van der Waals surface area contributed by atoms with Crippen LogP contribution in [0.25, 0.3) is 0 Å². The summed E-state index contributed by atoms with van der Waals surface area (Å²) in [7, 11) is 2.87. The van der Waals surface area contributed by atoms with E-state index < -0.39 is 234 Å². The largest absolute Gasteiger partial charge is 0.460 e. The molecule has 16 N–H and O–H groups in total. The molecule has 5 heterocycles. The molecule has 9 rings (SSSR count). The van der Waals surface area contributed by atoms with Gasteiger partial charge in [0.2, 0.25) is 0 Å². The monoisotopic (exact) mass is 1300 g/mol. The van der Waals surface area contributed by atoms with E-state index in [1.165, 1.54) is 33.3 Å². The first-order valence-corrected chi connectivity index (χ1v) is 31.3. The van der Waals surface area contributed by atoms with Gasteiger partial charge >= 0.3 is 11.9 Å². The lowest BCUT2D eigenvalue weighted by molar-refractivity contribution is -0.352. The smallest absolute Gasteiger partial charge is 0.330 e. The number of aliphatic hydroxyl groups is 16. The molecule has 516 valence electrons. The lowest BCUT2D eigenvalue weighted by Crippen LogP contribution is -2.64. The second-order valence-corrected chi connectivity index (χ2v) is 25.7. The van der Waals surface area contributed by atoms with Crippen molar-refractivity contribution in [2.75, 3.05) is 34.0 Å². The number of carbonyl (C=O) groups excluding carboxylic acids is 2. The molecule has 4 saturated carbocycles.